The number of nitrogen functional groups attached to an aromatic ring is 1. The third kappa shape index (κ3) is 1.57. The predicted octanol–water partition coefficient (Wildman–Crippen LogP) is 0.909. The fourth-order valence-corrected chi connectivity index (χ4v) is 0.914. The molecule has 1 aromatic heterocycles. The number of ether oxygens (including phenoxy) is 1. The second-order valence-corrected chi connectivity index (χ2v) is 2.33. The number of hydrogen-bond acceptors (Lipinski definition) is 5. The van der Waals surface area contributed by atoms with Crippen molar-refractivity contribution in [2.75, 3.05) is 12.3 Å². The highest BCUT2D eigenvalue weighted by Gasteiger charge is 2.02. The summed E-state index contributed by atoms with van der Waals surface area (Å²) in [5, 5.41) is 0. The Morgan fingerprint density at radius 1 is 1.60 bits per heavy atom. The first-order valence-corrected chi connectivity index (χ1v) is 3.78. The summed E-state index contributed by atoms with van der Waals surface area (Å²) in [7, 11) is 0. The van der Waals surface area contributed by atoms with Crippen LogP contribution in [0.5, 0.6) is 5.88 Å². The van der Waals surface area contributed by atoms with Crippen molar-refractivity contribution in [2.24, 2.45) is 0 Å². The Labute approximate surface area is 63.3 Å². The summed E-state index contributed by atoms with van der Waals surface area (Å²) in [5.74, 6) is 0.852. The number of aromatic nitrogens is 2. The summed E-state index contributed by atoms with van der Waals surface area (Å²) in [4.78, 5) is 0. The zero-order valence-corrected chi connectivity index (χ0v) is 6.52. The van der Waals surface area contributed by atoms with Crippen molar-refractivity contribution in [1.29, 1.82) is 0 Å². The van der Waals surface area contributed by atoms with Gasteiger partial charge >= 0.3 is 0 Å². The Morgan fingerprint density at radius 2 is 2.40 bits per heavy atom. The van der Waals surface area contributed by atoms with E-state index in [1.54, 1.807) is 0 Å². The van der Waals surface area contributed by atoms with Crippen LogP contribution in [-0.2, 0) is 0 Å². The lowest BCUT2D eigenvalue weighted by molar-refractivity contribution is 0.310. The quantitative estimate of drug-likeness (QED) is 0.712. The second kappa shape index (κ2) is 3.36. The molecule has 0 aliphatic heterocycles. The van der Waals surface area contributed by atoms with Gasteiger partial charge < -0.3 is 10.5 Å². The van der Waals surface area contributed by atoms with E-state index < -0.39 is 0 Å². The molecule has 56 valence electrons. The summed E-state index contributed by atoms with van der Waals surface area (Å²) in [6.45, 7) is 2.67. The van der Waals surface area contributed by atoms with E-state index in [4.69, 9.17) is 10.5 Å². The molecule has 0 saturated heterocycles. The van der Waals surface area contributed by atoms with Crippen molar-refractivity contribution in [3.05, 3.63) is 0 Å². The van der Waals surface area contributed by atoms with Gasteiger partial charge in [0.1, 0.15) is 0 Å². The van der Waals surface area contributed by atoms with Gasteiger partial charge in [-0.25, -0.2) is 0 Å². The zero-order valence-electron chi connectivity index (χ0n) is 5.70. The van der Waals surface area contributed by atoms with Gasteiger partial charge in [-0.2, -0.15) is 4.37 Å². The molecule has 0 saturated carbocycles. The SMILES string of the molecule is CCCOc1nsnc1N. The Balaban J connectivity index is 2.49. The van der Waals surface area contributed by atoms with Gasteiger partial charge in [-0.05, 0) is 6.42 Å². The molecule has 0 aliphatic carbocycles. The van der Waals surface area contributed by atoms with Crippen molar-refractivity contribution in [3.8, 4) is 5.88 Å². The van der Waals surface area contributed by atoms with Gasteiger partial charge in [0.25, 0.3) is 5.88 Å². The zero-order chi connectivity index (χ0) is 7.40. The van der Waals surface area contributed by atoms with Gasteiger partial charge in [0.05, 0.1) is 18.3 Å². The van der Waals surface area contributed by atoms with Crippen LogP contribution >= 0.6 is 11.7 Å². The summed E-state index contributed by atoms with van der Waals surface area (Å²) in [5.41, 5.74) is 5.39. The van der Waals surface area contributed by atoms with Gasteiger partial charge in [0.15, 0.2) is 0 Å². The molecule has 5 heteroatoms. The minimum Gasteiger partial charge on any atom is -0.474 e. The van der Waals surface area contributed by atoms with Crippen LogP contribution < -0.4 is 10.5 Å². The van der Waals surface area contributed by atoms with Crippen LogP contribution in [0.25, 0.3) is 0 Å². The minimum absolute atomic E-state index is 0.387. The maximum atomic E-state index is 5.39. The lowest BCUT2D eigenvalue weighted by Crippen LogP contribution is -1.97. The molecule has 1 aromatic rings. The highest BCUT2D eigenvalue weighted by molar-refractivity contribution is 6.99. The highest BCUT2D eigenvalue weighted by atomic mass is 32.1. The fourth-order valence-electron chi connectivity index (χ4n) is 0.486. The van der Waals surface area contributed by atoms with Crippen molar-refractivity contribution >= 4 is 17.5 Å². The molecule has 4 nitrogen and oxygen atoms in total. The van der Waals surface area contributed by atoms with Gasteiger partial charge in [-0.3, -0.25) is 0 Å². The molecular formula is C5H9N3OS. The Morgan fingerprint density at radius 3 is 2.90 bits per heavy atom. The number of nitrogens with zero attached hydrogens (tertiary/aromatic N) is 2. The smallest absolute Gasteiger partial charge is 0.270 e. The maximum absolute atomic E-state index is 5.39. The van der Waals surface area contributed by atoms with E-state index in [1.807, 2.05) is 6.92 Å². The predicted molar refractivity (Wildman–Crippen MR) is 40.1 cm³/mol. The first-order valence-electron chi connectivity index (χ1n) is 3.05. The fraction of sp³-hybridized carbons (Fsp3) is 0.600. The standard InChI is InChI=1S/C5H9N3OS/c1-2-3-9-5-4(6)7-10-8-5/h2-3H2,1H3,(H2,6,7). The van der Waals surface area contributed by atoms with E-state index in [1.165, 1.54) is 0 Å². The van der Waals surface area contributed by atoms with E-state index in [9.17, 15) is 0 Å². The lowest BCUT2D eigenvalue weighted by Gasteiger charge is -1.97. The van der Waals surface area contributed by atoms with Crippen LogP contribution in [0.2, 0.25) is 0 Å². The average molecular weight is 159 g/mol. The lowest BCUT2D eigenvalue weighted by atomic mass is 10.5. The second-order valence-electron chi connectivity index (χ2n) is 1.80. The van der Waals surface area contributed by atoms with Crippen molar-refractivity contribution in [3.63, 3.8) is 0 Å². The molecule has 0 aromatic carbocycles. The molecule has 0 aliphatic rings. The monoisotopic (exact) mass is 159 g/mol. The summed E-state index contributed by atoms with van der Waals surface area (Å²) in [6, 6.07) is 0. The first-order chi connectivity index (χ1) is 4.84. The molecule has 0 atom stereocenters. The highest BCUT2D eigenvalue weighted by Crippen LogP contribution is 2.16. The molecular weight excluding hydrogens is 150 g/mol. The summed E-state index contributed by atoms with van der Waals surface area (Å²) in [6.07, 6.45) is 0.955. The average Bonchev–Trinajstić information content (AvgIpc) is 2.31. The topological polar surface area (TPSA) is 61.0 Å². The van der Waals surface area contributed by atoms with E-state index in [0.717, 1.165) is 18.1 Å². The molecule has 1 heterocycles. The van der Waals surface area contributed by atoms with Crippen LogP contribution in [0.1, 0.15) is 13.3 Å². The molecule has 0 radical (unpaired) electrons. The normalized spacial score (nSPS) is 9.70. The van der Waals surface area contributed by atoms with Gasteiger partial charge in [0, 0.05) is 0 Å². The molecule has 2 N–H and O–H groups in total. The van der Waals surface area contributed by atoms with E-state index in [0.29, 0.717) is 18.3 Å². The number of anilines is 1. The van der Waals surface area contributed by atoms with Gasteiger partial charge in [-0.15, -0.1) is 4.37 Å². The Kier molecular flexibility index (Phi) is 2.44. The molecule has 0 unspecified atom stereocenters. The van der Waals surface area contributed by atoms with Gasteiger partial charge in [0.2, 0.25) is 5.82 Å². The Hall–Kier alpha value is -0.840. The maximum Gasteiger partial charge on any atom is 0.270 e. The summed E-state index contributed by atoms with van der Waals surface area (Å²) >= 11 is 1.07. The van der Waals surface area contributed by atoms with Crippen LogP contribution in [0.4, 0.5) is 5.82 Å². The number of hydrogen-bond donors (Lipinski definition) is 1. The largest absolute Gasteiger partial charge is 0.474 e. The molecule has 0 bridgehead atoms. The third-order valence-corrected chi connectivity index (χ3v) is 1.45. The molecule has 1 rings (SSSR count). The number of rotatable bonds is 3. The Bertz CT molecular complexity index is 201. The van der Waals surface area contributed by atoms with E-state index in [-0.39, 0.29) is 0 Å². The van der Waals surface area contributed by atoms with Crippen LogP contribution in [-0.4, -0.2) is 15.4 Å². The number of nitrogens with two attached hydrogens (primary N) is 1. The van der Waals surface area contributed by atoms with Crippen LogP contribution in [0, 0.1) is 0 Å². The first kappa shape index (κ1) is 7.27. The summed E-state index contributed by atoms with van der Waals surface area (Å²) < 4.78 is 12.7. The molecule has 0 spiro atoms. The van der Waals surface area contributed by atoms with E-state index in [2.05, 4.69) is 8.75 Å². The minimum atomic E-state index is 0.387. The van der Waals surface area contributed by atoms with Crippen LogP contribution in [0.15, 0.2) is 0 Å². The molecule has 0 amide bonds. The van der Waals surface area contributed by atoms with Crippen molar-refractivity contribution in [2.45, 2.75) is 13.3 Å². The molecule has 10 heavy (non-hydrogen) atoms. The van der Waals surface area contributed by atoms with Crippen molar-refractivity contribution < 1.29 is 4.74 Å². The molecule has 0 fully saturated rings. The third-order valence-electron chi connectivity index (χ3n) is 0.925. The van der Waals surface area contributed by atoms with Crippen molar-refractivity contribution in [1.82, 2.24) is 8.75 Å². The van der Waals surface area contributed by atoms with E-state index >= 15 is 0 Å². The van der Waals surface area contributed by atoms with Crippen LogP contribution in [0.3, 0.4) is 0 Å². The van der Waals surface area contributed by atoms with Gasteiger partial charge in [-0.1, -0.05) is 6.92 Å².